The zero-order valence-corrected chi connectivity index (χ0v) is 8.00. The van der Waals surface area contributed by atoms with E-state index in [4.69, 9.17) is 11.6 Å². The van der Waals surface area contributed by atoms with Crippen molar-refractivity contribution >= 4 is 17.3 Å². The first kappa shape index (κ1) is 10.9. The summed E-state index contributed by atoms with van der Waals surface area (Å²) in [4.78, 5) is 9.89. The van der Waals surface area contributed by atoms with E-state index in [1.165, 1.54) is 18.2 Å². The van der Waals surface area contributed by atoms with Crippen LogP contribution in [0.5, 0.6) is 0 Å². The van der Waals surface area contributed by atoms with Crippen LogP contribution in [-0.4, -0.2) is 11.6 Å². The van der Waals surface area contributed by atoms with Gasteiger partial charge < -0.3 is 0 Å². The van der Waals surface area contributed by atoms with Crippen LogP contribution >= 0.6 is 11.6 Å². The molecule has 0 aliphatic carbocycles. The van der Waals surface area contributed by atoms with Crippen LogP contribution in [0.15, 0.2) is 18.2 Å². The normalized spacial score (nSPS) is 12.5. The largest absolute Gasteiger partial charge is 0.288 e. The Kier molecular flexibility index (Phi) is 3.41. The van der Waals surface area contributed by atoms with Crippen LogP contribution in [0.2, 0.25) is 5.02 Å². The van der Waals surface area contributed by atoms with E-state index in [-0.39, 0.29) is 10.7 Å². The highest BCUT2D eigenvalue weighted by Gasteiger charge is 2.18. The molecule has 0 saturated carbocycles. The molecule has 0 bridgehead atoms. The van der Waals surface area contributed by atoms with Gasteiger partial charge in [-0.3, -0.25) is 14.5 Å². The Hall–Kier alpha value is -1.16. The van der Waals surface area contributed by atoms with Gasteiger partial charge in [0, 0.05) is 12.0 Å². The molecular weight excluding hydrogens is 209 g/mol. The lowest BCUT2D eigenvalue weighted by Gasteiger charge is -2.08. The van der Waals surface area contributed by atoms with Crippen LogP contribution in [0.1, 0.15) is 11.5 Å². The molecule has 5 heteroatoms. The molecule has 1 aromatic carbocycles. The van der Waals surface area contributed by atoms with Gasteiger partial charge in [-0.15, -0.1) is 0 Å². The molecule has 0 aliphatic rings. The van der Waals surface area contributed by atoms with Crippen molar-refractivity contribution in [3.05, 3.63) is 45.8 Å². The fourth-order valence-electron chi connectivity index (χ4n) is 1.08. The zero-order chi connectivity index (χ0) is 10.7. The minimum Gasteiger partial charge on any atom is -0.258 e. The highest BCUT2D eigenvalue weighted by atomic mass is 35.5. The summed E-state index contributed by atoms with van der Waals surface area (Å²) in [6.07, 6.45) is 0. The molecular formula is C9H8ClFNO2. The molecule has 14 heavy (non-hydrogen) atoms. The van der Waals surface area contributed by atoms with E-state index in [1.807, 2.05) is 0 Å². The van der Waals surface area contributed by atoms with E-state index in [1.54, 1.807) is 0 Å². The number of nitro groups is 1. The number of nitro benzene ring substituents is 1. The average molecular weight is 217 g/mol. The Bertz CT molecular complexity index is 357. The van der Waals surface area contributed by atoms with Crippen molar-refractivity contribution in [2.24, 2.45) is 0 Å². The van der Waals surface area contributed by atoms with Gasteiger partial charge in [-0.25, -0.2) is 0 Å². The predicted molar refractivity (Wildman–Crippen MR) is 52.2 cm³/mol. The molecule has 0 heterocycles. The highest BCUT2D eigenvalue weighted by molar-refractivity contribution is 6.33. The van der Waals surface area contributed by atoms with Gasteiger partial charge in [-0.1, -0.05) is 23.7 Å². The predicted octanol–water partition coefficient (Wildman–Crippen LogP) is 3.14. The van der Waals surface area contributed by atoms with E-state index in [9.17, 15) is 14.5 Å². The van der Waals surface area contributed by atoms with Gasteiger partial charge in [0.2, 0.25) is 0 Å². The van der Waals surface area contributed by atoms with E-state index in [0.29, 0.717) is 5.56 Å². The van der Waals surface area contributed by atoms with Crippen LogP contribution in [0, 0.1) is 17.0 Å². The van der Waals surface area contributed by atoms with Crippen molar-refractivity contribution in [2.45, 2.75) is 5.92 Å². The summed E-state index contributed by atoms with van der Waals surface area (Å²) in [6.45, 7) is 2.81. The third kappa shape index (κ3) is 2.01. The minimum absolute atomic E-state index is 0.0323. The van der Waals surface area contributed by atoms with Gasteiger partial charge in [0.1, 0.15) is 5.02 Å². The summed E-state index contributed by atoms with van der Waals surface area (Å²) in [6, 6.07) is 4.27. The van der Waals surface area contributed by atoms with Gasteiger partial charge in [-0.2, -0.15) is 0 Å². The fraction of sp³-hybridized carbons (Fsp3) is 0.222. The van der Waals surface area contributed by atoms with Crippen molar-refractivity contribution in [2.75, 3.05) is 6.67 Å². The average Bonchev–Trinajstić information content (AvgIpc) is 2.16. The standard InChI is InChI=1S/C9H8ClFNO2/c1-6(5-11)7-3-2-4-8(9(7)10)12(13)14/h2-4,6H,1,5H2. The third-order valence-electron chi connectivity index (χ3n) is 1.83. The van der Waals surface area contributed by atoms with Crippen molar-refractivity contribution in [3.8, 4) is 0 Å². The molecule has 1 unspecified atom stereocenters. The second-order valence-corrected chi connectivity index (χ2v) is 3.17. The first-order chi connectivity index (χ1) is 6.57. The van der Waals surface area contributed by atoms with Crippen molar-refractivity contribution in [1.29, 1.82) is 0 Å². The van der Waals surface area contributed by atoms with Gasteiger partial charge in [0.05, 0.1) is 11.6 Å². The van der Waals surface area contributed by atoms with Crippen LogP contribution in [0.3, 0.4) is 0 Å². The number of rotatable bonds is 3. The maximum absolute atomic E-state index is 12.3. The topological polar surface area (TPSA) is 43.1 Å². The van der Waals surface area contributed by atoms with E-state index in [2.05, 4.69) is 6.92 Å². The number of hydrogen-bond acceptors (Lipinski definition) is 2. The molecule has 75 valence electrons. The Labute approximate surface area is 85.6 Å². The summed E-state index contributed by atoms with van der Waals surface area (Å²) in [5, 5.41) is 10.5. The molecule has 1 atom stereocenters. The summed E-state index contributed by atoms with van der Waals surface area (Å²) in [5.41, 5.74) is 0.148. The molecule has 0 aliphatic heterocycles. The Balaban J connectivity index is 3.20. The van der Waals surface area contributed by atoms with Gasteiger partial charge in [-0.05, 0) is 12.5 Å². The minimum atomic E-state index is -0.694. The lowest BCUT2D eigenvalue weighted by molar-refractivity contribution is -0.384. The fourth-order valence-corrected chi connectivity index (χ4v) is 1.43. The van der Waals surface area contributed by atoms with E-state index < -0.39 is 17.5 Å². The second-order valence-electron chi connectivity index (χ2n) is 2.79. The van der Waals surface area contributed by atoms with Crippen molar-refractivity contribution < 1.29 is 9.31 Å². The summed E-state index contributed by atoms with van der Waals surface area (Å²) < 4.78 is 12.3. The quantitative estimate of drug-likeness (QED) is 0.576. The molecule has 3 nitrogen and oxygen atoms in total. The Morgan fingerprint density at radius 3 is 2.79 bits per heavy atom. The van der Waals surface area contributed by atoms with Gasteiger partial charge >= 0.3 is 0 Å². The van der Waals surface area contributed by atoms with Crippen LogP contribution in [-0.2, 0) is 0 Å². The Morgan fingerprint density at radius 2 is 2.29 bits per heavy atom. The van der Waals surface area contributed by atoms with Crippen molar-refractivity contribution in [1.82, 2.24) is 0 Å². The number of hydrogen-bond donors (Lipinski definition) is 0. The highest BCUT2D eigenvalue weighted by Crippen LogP contribution is 2.32. The maximum Gasteiger partial charge on any atom is 0.288 e. The molecule has 0 fully saturated rings. The molecule has 1 radical (unpaired) electrons. The first-order valence-electron chi connectivity index (χ1n) is 3.89. The first-order valence-corrected chi connectivity index (χ1v) is 4.27. The van der Waals surface area contributed by atoms with Crippen LogP contribution in [0.25, 0.3) is 0 Å². The molecule has 0 N–H and O–H groups in total. The number of halogens is 2. The molecule has 0 amide bonds. The smallest absolute Gasteiger partial charge is 0.258 e. The monoisotopic (exact) mass is 216 g/mol. The SMILES string of the molecule is [CH2]C(CF)c1cccc([N+](=O)[O-])c1Cl. The summed E-state index contributed by atoms with van der Waals surface area (Å²) >= 11 is 5.73. The molecule has 1 aromatic rings. The van der Waals surface area contributed by atoms with Crippen LogP contribution in [0.4, 0.5) is 10.1 Å². The number of alkyl halides is 1. The summed E-state index contributed by atoms with van der Waals surface area (Å²) in [5.74, 6) is -0.664. The number of benzene rings is 1. The zero-order valence-electron chi connectivity index (χ0n) is 7.24. The third-order valence-corrected chi connectivity index (χ3v) is 2.24. The van der Waals surface area contributed by atoms with E-state index >= 15 is 0 Å². The van der Waals surface area contributed by atoms with Gasteiger partial charge in [0.15, 0.2) is 0 Å². The second kappa shape index (κ2) is 4.37. The van der Waals surface area contributed by atoms with Crippen molar-refractivity contribution in [3.63, 3.8) is 0 Å². The lowest BCUT2D eigenvalue weighted by Crippen LogP contribution is -1.99. The molecule has 0 aromatic heterocycles. The maximum atomic E-state index is 12.3. The Morgan fingerprint density at radius 1 is 1.64 bits per heavy atom. The number of nitrogens with zero attached hydrogens (tertiary/aromatic N) is 1. The molecule has 0 spiro atoms. The lowest BCUT2D eigenvalue weighted by atomic mass is 10.0. The molecule has 0 saturated heterocycles. The summed E-state index contributed by atoms with van der Waals surface area (Å²) in [7, 11) is 0. The van der Waals surface area contributed by atoms with Gasteiger partial charge in [0.25, 0.3) is 5.69 Å². The molecule has 1 rings (SSSR count). The van der Waals surface area contributed by atoms with Crippen LogP contribution < -0.4 is 0 Å². The van der Waals surface area contributed by atoms with E-state index in [0.717, 1.165) is 0 Å².